The van der Waals surface area contributed by atoms with Gasteiger partial charge < -0.3 is 0 Å². The third-order valence-electron chi connectivity index (χ3n) is 4.47. The fraction of sp³-hybridized carbons (Fsp3) is 1.00. The van der Waals surface area contributed by atoms with E-state index < -0.39 is 0 Å². The maximum atomic E-state index is 2.47. The number of hydrogen-bond donors (Lipinski definition) is 0. The molecule has 0 radical (unpaired) electrons. The van der Waals surface area contributed by atoms with E-state index in [2.05, 4.69) is 34.6 Å². The zero-order chi connectivity index (χ0) is 10.0. The molecule has 4 atom stereocenters. The highest BCUT2D eigenvalue weighted by Gasteiger charge is 2.40. The summed E-state index contributed by atoms with van der Waals surface area (Å²) >= 11 is 0. The standard InChI is InChI=1S/C13H26/c1-6-12(7-2)10(4)11(5)13-8-9(13)3/h9-13H,6-8H2,1-5H3. The molecule has 78 valence electrons. The maximum absolute atomic E-state index is 2.47. The zero-order valence-electron chi connectivity index (χ0n) is 10.0. The van der Waals surface area contributed by atoms with Crippen molar-refractivity contribution < 1.29 is 0 Å². The Morgan fingerprint density at radius 1 is 1.15 bits per heavy atom. The van der Waals surface area contributed by atoms with Crippen LogP contribution in [-0.4, -0.2) is 0 Å². The summed E-state index contributed by atoms with van der Waals surface area (Å²) in [5.41, 5.74) is 0. The topological polar surface area (TPSA) is 0 Å². The van der Waals surface area contributed by atoms with Crippen molar-refractivity contribution in [3.05, 3.63) is 0 Å². The summed E-state index contributed by atoms with van der Waals surface area (Å²) in [6, 6.07) is 0. The molecule has 0 aliphatic heterocycles. The first kappa shape index (κ1) is 11.1. The highest BCUT2D eigenvalue weighted by atomic mass is 14.5. The molecule has 0 N–H and O–H groups in total. The molecule has 1 aliphatic rings. The van der Waals surface area contributed by atoms with Crippen molar-refractivity contribution >= 4 is 0 Å². The summed E-state index contributed by atoms with van der Waals surface area (Å²) in [5.74, 6) is 4.93. The second-order valence-electron chi connectivity index (χ2n) is 5.17. The maximum Gasteiger partial charge on any atom is -0.0357 e. The van der Waals surface area contributed by atoms with Crippen LogP contribution >= 0.6 is 0 Å². The second-order valence-corrected chi connectivity index (χ2v) is 5.17. The van der Waals surface area contributed by atoms with E-state index in [1.54, 1.807) is 0 Å². The van der Waals surface area contributed by atoms with Gasteiger partial charge in [-0.2, -0.15) is 0 Å². The molecule has 1 aliphatic carbocycles. The summed E-state index contributed by atoms with van der Waals surface area (Å²) in [6.07, 6.45) is 4.22. The minimum absolute atomic E-state index is 0.935. The monoisotopic (exact) mass is 182 g/mol. The van der Waals surface area contributed by atoms with E-state index in [-0.39, 0.29) is 0 Å². The van der Waals surface area contributed by atoms with Crippen LogP contribution in [0.25, 0.3) is 0 Å². The van der Waals surface area contributed by atoms with Gasteiger partial charge in [0, 0.05) is 0 Å². The largest absolute Gasteiger partial charge is 0.0651 e. The molecule has 0 aromatic rings. The van der Waals surface area contributed by atoms with E-state index in [4.69, 9.17) is 0 Å². The molecule has 0 heteroatoms. The molecule has 0 amide bonds. The molecule has 0 aromatic carbocycles. The second kappa shape index (κ2) is 4.48. The lowest BCUT2D eigenvalue weighted by molar-refractivity contribution is 0.221. The van der Waals surface area contributed by atoms with Crippen LogP contribution in [0.4, 0.5) is 0 Å². The third-order valence-corrected chi connectivity index (χ3v) is 4.47. The Labute approximate surface area is 84.1 Å². The van der Waals surface area contributed by atoms with Crippen LogP contribution in [0.15, 0.2) is 0 Å². The molecule has 0 heterocycles. The molecule has 1 saturated carbocycles. The van der Waals surface area contributed by atoms with Gasteiger partial charge in [0.25, 0.3) is 0 Å². The SMILES string of the molecule is CCC(CC)C(C)C(C)C1CC1C. The molecular formula is C13H26. The normalized spacial score (nSPS) is 31.8. The average Bonchev–Trinajstić information content (AvgIpc) is 2.83. The molecule has 0 nitrogen and oxygen atoms in total. The molecular weight excluding hydrogens is 156 g/mol. The van der Waals surface area contributed by atoms with Gasteiger partial charge >= 0.3 is 0 Å². The van der Waals surface area contributed by atoms with Gasteiger partial charge in [-0.25, -0.2) is 0 Å². The molecule has 0 spiro atoms. The van der Waals surface area contributed by atoms with E-state index in [1.807, 2.05) is 0 Å². The first-order chi connectivity index (χ1) is 6.11. The average molecular weight is 182 g/mol. The summed E-state index contributed by atoms with van der Waals surface area (Å²) in [5, 5.41) is 0. The third kappa shape index (κ3) is 2.48. The predicted octanol–water partition coefficient (Wildman–Crippen LogP) is 4.35. The lowest BCUT2D eigenvalue weighted by atomic mass is 9.78. The Balaban J connectivity index is 2.40. The van der Waals surface area contributed by atoms with Crippen LogP contribution < -0.4 is 0 Å². The Morgan fingerprint density at radius 3 is 1.92 bits per heavy atom. The lowest BCUT2D eigenvalue weighted by Gasteiger charge is -2.27. The van der Waals surface area contributed by atoms with Gasteiger partial charge in [0.2, 0.25) is 0 Å². The van der Waals surface area contributed by atoms with Gasteiger partial charge in [-0.15, -0.1) is 0 Å². The van der Waals surface area contributed by atoms with E-state index in [0.29, 0.717) is 0 Å². The summed E-state index contributed by atoms with van der Waals surface area (Å²) < 4.78 is 0. The van der Waals surface area contributed by atoms with Crippen molar-refractivity contribution in [3.8, 4) is 0 Å². The van der Waals surface area contributed by atoms with Crippen LogP contribution in [0, 0.1) is 29.6 Å². The first-order valence-corrected chi connectivity index (χ1v) is 6.11. The molecule has 0 bridgehead atoms. The highest BCUT2D eigenvalue weighted by molar-refractivity contribution is 4.89. The van der Waals surface area contributed by atoms with Crippen molar-refractivity contribution in [3.63, 3.8) is 0 Å². The number of hydrogen-bond acceptors (Lipinski definition) is 0. The van der Waals surface area contributed by atoms with Crippen molar-refractivity contribution in [1.82, 2.24) is 0 Å². The minimum Gasteiger partial charge on any atom is -0.0651 e. The van der Waals surface area contributed by atoms with E-state index in [0.717, 1.165) is 29.6 Å². The van der Waals surface area contributed by atoms with Crippen molar-refractivity contribution in [1.29, 1.82) is 0 Å². The summed E-state index contributed by atoms with van der Waals surface area (Å²) in [4.78, 5) is 0. The lowest BCUT2D eigenvalue weighted by Crippen LogP contribution is -2.19. The van der Waals surface area contributed by atoms with E-state index in [9.17, 15) is 0 Å². The minimum atomic E-state index is 0.935. The summed E-state index contributed by atoms with van der Waals surface area (Å²) in [7, 11) is 0. The highest BCUT2D eigenvalue weighted by Crippen LogP contribution is 2.48. The van der Waals surface area contributed by atoms with E-state index >= 15 is 0 Å². The zero-order valence-corrected chi connectivity index (χ0v) is 10.0. The molecule has 0 aromatic heterocycles. The molecule has 13 heavy (non-hydrogen) atoms. The molecule has 1 rings (SSSR count). The van der Waals surface area contributed by atoms with Gasteiger partial charge in [0.15, 0.2) is 0 Å². The Kier molecular flexibility index (Phi) is 3.82. The van der Waals surface area contributed by atoms with Gasteiger partial charge in [-0.05, 0) is 36.0 Å². The van der Waals surface area contributed by atoms with Crippen LogP contribution in [-0.2, 0) is 0 Å². The Hall–Kier alpha value is 0. The fourth-order valence-corrected chi connectivity index (χ4v) is 2.94. The van der Waals surface area contributed by atoms with Crippen molar-refractivity contribution in [2.24, 2.45) is 29.6 Å². The number of rotatable bonds is 5. The van der Waals surface area contributed by atoms with Crippen LogP contribution in [0.5, 0.6) is 0 Å². The molecule has 1 fully saturated rings. The van der Waals surface area contributed by atoms with Gasteiger partial charge in [0.05, 0.1) is 0 Å². The Morgan fingerprint density at radius 2 is 1.62 bits per heavy atom. The van der Waals surface area contributed by atoms with Gasteiger partial charge in [0.1, 0.15) is 0 Å². The first-order valence-electron chi connectivity index (χ1n) is 6.11. The molecule has 0 saturated heterocycles. The quantitative estimate of drug-likeness (QED) is 0.593. The van der Waals surface area contributed by atoms with Gasteiger partial charge in [-0.3, -0.25) is 0 Å². The van der Waals surface area contributed by atoms with Crippen LogP contribution in [0.2, 0.25) is 0 Å². The fourth-order valence-electron chi connectivity index (χ4n) is 2.94. The van der Waals surface area contributed by atoms with E-state index in [1.165, 1.54) is 19.3 Å². The van der Waals surface area contributed by atoms with Crippen LogP contribution in [0.1, 0.15) is 53.9 Å². The molecule has 4 unspecified atom stereocenters. The van der Waals surface area contributed by atoms with Crippen molar-refractivity contribution in [2.75, 3.05) is 0 Å². The predicted molar refractivity (Wildman–Crippen MR) is 59.7 cm³/mol. The van der Waals surface area contributed by atoms with Gasteiger partial charge in [-0.1, -0.05) is 47.5 Å². The van der Waals surface area contributed by atoms with Crippen molar-refractivity contribution in [2.45, 2.75) is 53.9 Å². The summed E-state index contributed by atoms with van der Waals surface area (Å²) in [6.45, 7) is 12.0. The Bertz CT molecular complexity index is 146. The van der Waals surface area contributed by atoms with Crippen LogP contribution in [0.3, 0.4) is 0 Å². The smallest absolute Gasteiger partial charge is 0.0357 e.